The van der Waals surface area contributed by atoms with E-state index in [2.05, 4.69) is 18.2 Å². The first kappa shape index (κ1) is 14.3. The molecule has 1 aromatic carbocycles. The minimum Gasteiger partial charge on any atom is -0.303 e. The van der Waals surface area contributed by atoms with E-state index >= 15 is 0 Å². The molecular weight excluding hydrogens is 216 g/mol. The summed E-state index contributed by atoms with van der Waals surface area (Å²) >= 11 is 1.11. The van der Waals surface area contributed by atoms with Crippen LogP contribution in [0.3, 0.4) is 0 Å². The van der Waals surface area contributed by atoms with Gasteiger partial charge in [0.1, 0.15) is 0 Å². The summed E-state index contributed by atoms with van der Waals surface area (Å²) in [5.74, 6) is 0. The second-order valence-corrected chi connectivity index (χ2v) is 4.75. The summed E-state index contributed by atoms with van der Waals surface area (Å²) in [4.78, 5) is 21.6. The number of nitrogens with two attached hydrogens (primary N) is 1. The predicted octanol–water partition coefficient (Wildman–Crippen LogP) is -0.990. The van der Waals surface area contributed by atoms with E-state index in [1.807, 2.05) is 6.07 Å². The molecule has 5 nitrogen and oxygen atoms in total. The number of rotatable bonds is 1. The second kappa shape index (κ2) is 6.71. The molecule has 14 heavy (non-hydrogen) atoms. The van der Waals surface area contributed by atoms with Crippen molar-refractivity contribution in [1.29, 1.82) is 0 Å². The van der Waals surface area contributed by atoms with Crippen molar-refractivity contribution in [2.24, 2.45) is 5.73 Å². The van der Waals surface area contributed by atoms with Crippen molar-refractivity contribution in [3.8, 4) is 0 Å². The maximum Gasteiger partial charge on any atom is 0.466 e. The number of benzene rings is 1. The van der Waals surface area contributed by atoms with Crippen LogP contribution in [0, 0.1) is 0 Å². The van der Waals surface area contributed by atoms with Crippen LogP contribution in [-0.2, 0) is 11.1 Å². The van der Waals surface area contributed by atoms with Gasteiger partial charge in [-0.1, -0.05) is 0 Å². The molecule has 0 radical (unpaired) electrons. The quantitative estimate of drug-likeness (QED) is 0.364. The zero-order chi connectivity index (χ0) is 11.2. The Kier molecular flexibility index (Phi) is 6.85. The smallest absolute Gasteiger partial charge is 0.303 e. The molecule has 0 aliphatic carbocycles. The minimum atomic E-state index is -4.64. The molecule has 5 N–H and O–H groups in total. The summed E-state index contributed by atoms with van der Waals surface area (Å²) in [6.07, 6.45) is 0. The van der Waals surface area contributed by atoms with E-state index in [4.69, 9.17) is 25.0 Å². The number of hydrogen-bond donors (Lipinski definition) is 4. The van der Waals surface area contributed by atoms with Crippen molar-refractivity contribution in [3.63, 3.8) is 0 Å². The Bertz CT molecular complexity index is 319. The second-order valence-electron chi connectivity index (χ2n) is 2.64. The normalized spacial score (nSPS) is 10.4. The fraction of sp³-hybridized carbons (Fsp3) is 0.143. The zero-order valence-electron chi connectivity index (χ0n) is 7.79. The summed E-state index contributed by atoms with van der Waals surface area (Å²) in [6.45, 7) is 0.680. The molecule has 7 heteroatoms. The maximum absolute atomic E-state index is 8.88. The van der Waals surface area contributed by atoms with Crippen LogP contribution in [0.4, 0.5) is 0 Å². The average molecular weight is 227 g/mol. The number of phosphoric acid groups is 1. The first-order valence-electron chi connectivity index (χ1n) is 3.87. The van der Waals surface area contributed by atoms with Gasteiger partial charge in [0.25, 0.3) is 0 Å². The van der Waals surface area contributed by atoms with Crippen molar-refractivity contribution in [2.45, 2.75) is 6.54 Å². The Labute approximate surface area is 99.6 Å². The summed E-state index contributed by atoms with van der Waals surface area (Å²) < 4.78 is 10.3. The third-order valence-corrected chi connectivity index (χ3v) is 2.46. The summed E-state index contributed by atoms with van der Waals surface area (Å²) in [5, 5.41) is 0. The molecule has 0 saturated heterocycles. The first-order valence-corrected chi connectivity index (χ1v) is 6.44. The van der Waals surface area contributed by atoms with E-state index in [-0.39, 0.29) is 0 Å². The molecule has 0 spiro atoms. The van der Waals surface area contributed by atoms with Gasteiger partial charge in [0.2, 0.25) is 0 Å². The van der Waals surface area contributed by atoms with Crippen molar-refractivity contribution >= 4 is 38.6 Å². The molecule has 0 aliphatic rings. The van der Waals surface area contributed by atoms with Gasteiger partial charge in [-0.15, -0.1) is 0 Å². The number of hydrogen-bond acceptors (Lipinski definition) is 2. The van der Waals surface area contributed by atoms with Gasteiger partial charge in [-0.05, 0) is 0 Å². The SMILES string of the molecule is NCc1cccc[c]1[Na].O=P(O)(O)O. The average Bonchev–Trinajstić information content (AvgIpc) is 2.02. The van der Waals surface area contributed by atoms with E-state index in [0.29, 0.717) is 6.54 Å². The Balaban J connectivity index is 0.000000292. The van der Waals surface area contributed by atoms with Crippen molar-refractivity contribution in [1.82, 2.24) is 0 Å². The zero-order valence-corrected chi connectivity index (χ0v) is 10.7. The maximum atomic E-state index is 8.88. The van der Waals surface area contributed by atoms with Crippen LogP contribution in [0.15, 0.2) is 24.3 Å². The molecule has 1 aromatic rings. The Morgan fingerprint density at radius 2 is 1.71 bits per heavy atom. The van der Waals surface area contributed by atoms with Crippen molar-refractivity contribution in [3.05, 3.63) is 29.8 Å². The summed E-state index contributed by atoms with van der Waals surface area (Å²) in [6, 6.07) is 8.31. The Morgan fingerprint density at radius 1 is 1.29 bits per heavy atom. The van der Waals surface area contributed by atoms with E-state index < -0.39 is 7.82 Å². The van der Waals surface area contributed by atoms with Crippen LogP contribution in [0.25, 0.3) is 0 Å². The van der Waals surface area contributed by atoms with Crippen LogP contribution in [0.1, 0.15) is 5.56 Å². The van der Waals surface area contributed by atoms with Gasteiger partial charge >= 0.3 is 80.7 Å². The van der Waals surface area contributed by atoms with E-state index in [1.165, 1.54) is 8.38 Å². The van der Waals surface area contributed by atoms with Gasteiger partial charge in [-0.3, -0.25) is 0 Å². The standard InChI is InChI=1S/C7H8N.Na.H3O4P/c8-6-7-4-2-1-3-5-7;;1-5(2,3)4/h1-4H,6,8H2;;(H3,1,2,3,4). The van der Waals surface area contributed by atoms with Crippen LogP contribution >= 0.6 is 7.82 Å². The van der Waals surface area contributed by atoms with Gasteiger partial charge in [-0.2, -0.15) is 0 Å². The summed E-state index contributed by atoms with van der Waals surface area (Å²) in [7, 11) is -4.64. The molecule has 74 valence electrons. The van der Waals surface area contributed by atoms with E-state index in [0.717, 1.165) is 27.9 Å². The molecule has 0 unspecified atom stereocenters. The summed E-state index contributed by atoms with van der Waals surface area (Å²) in [5.41, 5.74) is 6.77. The fourth-order valence-electron chi connectivity index (χ4n) is 0.839. The van der Waals surface area contributed by atoms with Gasteiger partial charge in [0, 0.05) is 0 Å². The van der Waals surface area contributed by atoms with E-state index in [9.17, 15) is 0 Å². The monoisotopic (exact) mass is 227 g/mol. The van der Waals surface area contributed by atoms with Crippen LogP contribution < -0.4 is 8.55 Å². The third kappa shape index (κ3) is 8.87. The molecule has 0 saturated carbocycles. The van der Waals surface area contributed by atoms with Crippen LogP contribution in [-0.4, -0.2) is 42.6 Å². The van der Waals surface area contributed by atoms with Gasteiger partial charge in [0.05, 0.1) is 0 Å². The van der Waals surface area contributed by atoms with Gasteiger partial charge in [0.15, 0.2) is 0 Å². The molecule has 0 aromatic heterocycles. The first-order chi connectivity index (χ1) is 6.34. The third-order valence-electron chi connectivity index (χ3n) is 1.48. The van der Waals surface area contributed by atoms with Crippen LogP contribution in [0.2, 0.25) is 0 Å². The molecule has 0 aliphatic heterocycles. The predicted molar refractivity (Wildman–Crippen MR) is 54.0 cm³/mol. The molecular formula is C7H11NNaO4P. The van der Waals surface area contributed by atoms with Gasteiger partial charge < -0.3 is 14.7 Å². The molecule has 0 atom stereocenters. The topological polar surface area (TPSA) is 104 Å². The van der Waals surface area contributed by atoms with E-state index in [1.54, 1.807) is 0 Å². The van der Waals surface area contributed by atoms with Crippen molar-refractivity contribution in [2.75, 3.05) is 0 Å². The Hall–Kier alpha value is 0.290. The molecule has 0 amide bonds. The van der Waals surface area contributed by atoms with Crippen LogP contribution in [0.5, 0.6) is 0 Å². The fourth-order valence-corrected chi connectivity index (χ4v) is 1.40. The minimum absolute atomic E-state index is 0.680. The largest absolute Gasteiger partial charge is 0.466 e. The molecule has 1 rings (SSSR count). The molecule has 0 fully saturated rings. The molecule has 0 heterocycles. The van der Waals surface area contributed by atoms with Gasteiger partial charge in [-0.25, -0.2) is 4.57 Å². The van der Waals surface area contributed by atoms with Crippen molar-refractivity contribution < 1.29 is 19.2 Å². The molecule has 0 bridgehead atoms. The Morgan fingerprint density at radius 3 is 2.00 bits per heavy atom.